The number of nitrogens with one attached hydrogen (secondary N) is 1. The van der Waals surface area contributed by atoms with E-state index in [2.05, 4.69) is 5.10 Å². The third-order valence-electron chi connectivity index (χ3n) is 2.60. The Bertz CT molecular complexity index is 736. The number of nitrogens with zero attached hydrogens (tertiary/aromatic N) is 1. The molecule has 2 aromatic carbocycles. The van der Waals surface area contributed by atoms with Gasteiger partial charge in [0.1, 0.15) is 17.2 Å². The molecule has 0 radical (unpaired) electrons. The van der Waals surface area contributed by atoms with E-state index < -0.39 is 40.5 Å². The molecular formula is C13H7F5N2O2. The molecule has 2 aromatic rings. The molecule has 0 atom stereocenters. The highest BCUT2D eigenvalue weighted by Gasteiger charge is 2.25. The van der Waals surface area contributed by atoms with Gasteiger partial charge in [-0.1, -0.05) is 0 Å². The number of hydrogen-bond acceptors (Lipinski definition) is 4. The summed E-state index contributed by atoms with van der Waals surface area (Å²) in [6, 6.07) is 3.38. The summed E-state index contributed by atoms with van der Waals surface area (Å²) in [7, 11) is 0. The minimum Gasteiger partial charge on any atom is -0.508 e. The predicted molar refractivity (Wildman–Crippen MR) is 67.2 cm³/mol. The summed E-state index contributed by atoms with van der Waals surface area (Å²) in [5, 5.41) is 21.8. The summed E-state index contributed by atoms with van der Waals surface area (Å²) >= 11 is 0. The fourth-order valence-corrected chi connectivity index (χ4v) is 1.51. The van der Waals surface area contributed by atoms with Crippen LogP contribution in [-0.4, -0.2) is 16.4 Å². The number of aromatic hydroxyl groups is 2. The third kappa shape index (κ3) is 2.78. The molecule has 2 rings (SSSR count). The molecule has 0 saturated heterocycles. The van der Waals surface area contributed by atoms with Gasteiger partial charge in [0.2, 0.25) is 5.82 Å². The summed E-state index contributed by atoms with van der Waals surface area (Å²) in [6.45, 7) is 0. The van der Waals surface area contributed by atoms with Crippen LogP contribution in [-0.2, 0) is 0 Å². The van der Waals surface area contributed by atoms with Crippen LogP contribution in [0.4, 0.5) is 27.6 Å². The smallest absolute Gasteiger partial charge is 0.200 e. The minimum absolute atomic E-state index is 0.0363. The first-order chi connectivity index (χ1) is 10.3. The van der Waals surface area contributed by atoms with Crippen LogP contribution in [0.1, 0.15) is 5.56 Å². The SMILES string of the molecule is Oc1ccc(/C=N/Nc2c(F)c(F)c(F)c(F)c2F)c(O)c1. The van der Waals surface area contributed by atoms with Gasteiger partial charge in [0.15, 0.2) is 23.3 Å². The molecule has 0 saturated carbocycles. The molecule has 0 aliphatic carbocycles. The molecule has 0 aliphatic rings. The molecule has 0 spiro atoms. The zero-order chi connectivity index (χ0) is 16.4. The molecule has 0 fully saturated rings. The summed E-state index contributed by atoms with van der Waals surface area (Å²) in [6.07, 6.45) is 0.868. The molecule has 0 amide bonds. The lowest BCUT2D eigenvalue weighted by Crippen LogP contribution is -2.06. The maximum absolute atomic E-state index is 13.3. The number of benzene rings is 2. The molecule has 0 aromatic heterocycles. The second-order valence-corrected chi connectivity index (χ2v) is 4.06. The van der Waals surface area contributed by atoms with Gasteiger partial charge in [-0.2, -0.15) is 5.10 Å². The number of hydrazone groups is 1. The van der Waals surface area contributed by atoms with Crippen molar-refractivity contribution in [1.82, 2.24) is 0 Å². The van der Waals surface area contributed by atoms with E-state index in [-0.39, 0.29) is 11.3 Å². The summed E-state index contributed by atoms with van der Waals surface area (Å²) in [5.74, 6) is -11.3. The average molecular weight is 318 g/mol. The van der Waals surface area contributed by atoms with Gasteiger partial charge in [-0.25, -0.2) is 22.0 Å². The van der Waals surface area contributed by atoms with Gasteiger partial charge in [0, 0.05) is 11.6 Å². The van der Waals surface area contributed by atoms with Crippen LogP contribution in [0.3, 0.4) is 0 Å². The molecule has 4 nitrogen and oxygen atoms in total. The van der Waals surface area contributed by atoms with Crippen molar-refractivity contribution in [3.8, 4) is 11.5 Å². The van der Waals surface area contributed by atoms with E-state index in [4.69, 9.17) is 5.11 Å². The lowest BCUT2D eigenvalue weighted by atomic mass is 10.2. The third-order valence-corrected chi connectivity index (χ3v) is 2.60. The van der Waals surface area contributed by atoms with Crippen LogP contribution < -0.4 is 5.43 Å². The van der Waals surface area contributed by atoms with Gasteiger partial charge in [-0.05, 0) is 12.1 Å². The van der Waals surface area contributed by atoms with Crippen LogP contribution in [0.15, 0.2) is 23.3 Å². The van der Waals surface area contributed by atoms with Gasteiger partial charge in [-0.3, -0.25) is 5.43 Å². The highest BCUT2D eigenvalue weighted by Crippen LogP contribution is 2.27. The lowest BCUT2D eigenvalue weighted by molar-refractivity contribution is 0.381. The van der Waals surface area contributed by atoms with E-state index in [0.717, 1.165) is 12.3 Å². The number of halogens is 5. The van der Waals surface area contributed by atoms with Crippen LogP contribution >= 0.6 is 0 Å². The van der Waals surface area contributed by atoms with Gasteiger partial charge in [0.05, 0.1) is 6.21 Å². The highest BCUT2D eigenvalue weighted by molar-refractivity contribution is 5.84. The van der Waals surface area contributed by atoms with Crippen molar-refractivity contribution in [1.29, 1.82) is 0 Å². The van der Waals surface area contributed by atoms with Crippen molar-refractivity contribution in [2.24, 2.45) is 5.10 Å². The first-order valence-electron chi connectivity index (χ1n) is 5.65. The Labute approximate surface area is 120 Å². The molecule has 0 heterocycles. The van der Waals surface area contributed by atoms with Crippen molar-refractivity contribution in [3.63, 3.8) is 0 Å². The van der Waals surface area contributed by atoms with E-state index >= 15 is 0 Å². The normalized spacial score (nSPS) is 11.1. The van der Waals surface area contributed by atoms with Crippen LogP contribution in [0.25, 0.3) is 0 Å². The predicted octanol–water partition coefficient (Wildman–Crippen LogP) is 3.24. The number of hydrogen-bond donors (Lipinski definition) is 3. The zero-order valence-corrected chi connectivity index (χ0v) is 10.5. The van der Waals surface area contributed by atoms with Crippen LogP contribution in [0, 0.1) is 29.1 Å². The lowest BCUT2D eigenvalue weighted by Gasteiger charge is -2.07. The molecule has 0 unspecified atom stereocenters. The number of anilines is 1. The number of phenols is 2. The summed E-state index contributed by atoms with van der Waals surface area (Å²) in [5.41, 5.74) is 0.388. The monoisotopic (exact) mass is 318 g/mol. The van der Waals surface area contributed by atoms with Gasteiger partial charge in [-0.15, -0.1) is 0 Å². The Hall–Kier alpha value is -2.84. The Kier molecular flexibility index (Phi) is 4.15. The molecule has 22 heavy (non-hydrogen) atoms. The Morgan fingerprint density at radius 1 is 0.864 bits per heavy atom. The van der Waals surface area contributed by atoms with Crippen molar-refractivity contribution in [2.45, 2.75) is 0 Å². The summed E-state index contributed by atoms with van der Waals surface area (Å²) in [4.78, 5) is 0. The second-order valence-electron chi connectivity index (χ2n) is 4.06. The average Bonchev–Trinajstić information content (AvgIpc) is 2.48. The largest absolute Gasteiger partial charge is 0.508 e. The van der Waals surface area contributed by atoms with E-state index in [0.29, 0.717) is 0 Å². The fourth-order valence-electron chi connectivity index (χ4n) is 1.51. The fraction of sp³-hybridized carbons (Fsp3) is 0. The Balaban J connectivity index is 2.30. The van der Waals surface area contributed by atoms with Crippen molar-refractivity contribution >= 4 is 11.9 Å². The van der Waals surface area contributed by atoms with E-state index in [1.807, 2.05) is 0 Å². The molecular weight excluding hydrogens is 311 g/mol. The van der Waals surface area contributed by atoms with Crippen LogP contribution in [0.5, 0.6) is 11.5 Å². The standard InChI is InChI=1S/C13H7F5N2O2/c14-8-9(15)11(17)13(12(18)10(8)16)20-19-4-5-1-2-6(21)3-7(5)22/h1-4,20-22H/b19-4+. The van der Waals surface area contributed by atoms with E-state index in [1.165, 1.54) is 12.1 Å². The molecule has 9 heteroatoms. The van der Waals surface area contributed by atoms with Gasteiger partial charge < -0.3 is 10.2 Å². The van der Waals surface area contributed by atoms with E-state index in [9.17, 15) is 27.1 Å². The molecule has 116 valence electrons. The minimum atomic E-state index is -2.28. The van der Waals surface area contributed by atoms with Gasteiger partial charge in [0.25, 0.3) is 0 Å². The molecule has 0 bridgehead atoms. The van der Waals surface area contributed by atoms with Crippen LogP contribution in [0.2, 0.25) is 0 Å². The van der Waals surface area contributed by atoms with Gasteiger partial charge >= 0.3 is 0 Å². The number of phenolic OH excluding ortho intramolecular Hbond substituents is 2. The Morgan fingerprint density at radius 2 is 1.41 bits per heavy atom. The summed E-state index contributed by atoms with van der Waals surface area (Å²) < 4.78 is 65.3. The number of rotatable bonds is 3. The van der Waals surface area contributed by atoms with Crippen molar-refractivity contribution in [2.75, 3.05) is 5.43 Å². The van der Waals surface area contributed by atoms with Crippen molar-refractivity contribution in [3.05, 3.63) is 52.8 Å². The molecule has 0 aliphatic heterocycles. The maximum atomic E-state index is 13.3. The first-order valence-corrected chi connectivity index (χ1v) is 5.65. The quantitative estimate of drug-likeness (QED) is 0.268. The topological polar surface area (TPSA) is 64.9 Å². The second kappa shape index (κ2) is 5.88. The molecule has 3 N–H and O–H groups in total. The van der Waals surface area contributed by atoms with E-state index in [1.54, 1.807) is 5.43 Å². The first kappa shape index (κ1) is 15.5. The van der Waals surface area contributed by atoms with Crippen molar-refractivity contribution < 1.29 is 32.2 Å². The zero-order valence-electron chi connectivity index (χ0n) is 10.5. The highest BCUT2D eigenvalue weighted by atomic mass is 19.2. The maximum Gasteiger partial charge on any atom is 0.200 e. The Morgan fingerprint density at radius 3 is 1.95 bits per heavy atom.